The minimum absolute atomic E-state index is 0.119. The SMILES string of the molecule is CCNc1cc(N2CC3CCC(O)C3C2)nc(C)n1. The van der Waals surface area contributed by atoms with E-state index in [-0.39, 0.29) is 6.10 Å². The van der Waals surface area contributed by atoms with Gasteiger partial charge in [0, 0.05) is 31.6 Å². The third kappa shape index (κ3) is 2.39. The lowest BCUT2D eigenvalue weighted by molar-refractivity contribution is 0.133. The molecule has 3 rings (SSSR count). The van der Waals surface area contributed by atoms with Gasteiger partial charge in [-0.25, -0.2) is 9.97 Å². The molecule has 1 aliphatic carbocycles. The second-order valence-electron chi connectivity index (χ2n) is 5.66. The second-order valence-corrected chi connectivity index (χ2v) is 5.66. The zero-order valence-corrected chi connectivity index (χ0v) is 11.6. The molecule has 2 fully saturated rings. The van der Waals surface area contributed by atoms with E-state index >= 15 is 0 Å². The van der Waals surface area contributed by atoms with Crippen LogP contribution >= 0.6 is 0 Å². The van der Waals surface area contributed by atoms with Crippen LogP contribution in [0.25, 0.3) is 0 Å². The molecule has 1 aromatic heterocycles. The number of aromatic nitrogens is 2. The van der Waals surface area contributed by atoms with Crippen molar-refractivity contribution in [3.63, 3.8) is 0 Å². The molecule has 0 amide bonds. The number of aryl methyl sites for hydroxylation is 1. The number of nitrogens with zero attached hydrogens (tertiary/aromatic N) is 3. The number of hydrogen-bond acceptors (Lipinski definition) is 5. The van der Waals surface area contributed by atoms with Crippen LogP contribution in [-0.4, -0.2) is 40.8 Å². The normalized spacial score (nSPS) is 29.6. The highest BCUT2D eigenvalue weighted by Crippen LogP contribution is 2.39. The summed E-state index contributed by atoms with van der Waals surface area (Å²) < 4.78 is 0. The van der Waals surface area contributed by atoms with Crippen molar-refractivity contribution in [1.82, 2.24) is 9.97 Å². The van der Waals surface area contributed by atoms with Crippen molar-refractivity contribution in [2.75, 3.05) is 29.9 Å². The first-order chi connectivity index (χ1) is 9.17. The van der Waals surface area contributed by atoms with Gasteiger partial charge in [-0.1, -0.05) is 0 Å². The number of anilines is 2. The Morgan fingerprint density at radius 3 is 2.95 bits per heavy atom. The van der Waals surface area contributed by atoms with Crippen LogP contribution in [0.4, 0.5) is 11.6 Å². The molecule has 0 spiro atoms. The third-order valence-corrected chi connectivity index (χ3v) is 4.33. The summed E-state index contributed by atoms with van der Waals surface area (Å²) in [5.74, 6) is 3.74. The van der Waals surface area contributed by atoms with Crippen LogP contribution in [0, 0.1) is 18.8 Å². The van der Waals surface area contributed by atoms with Crippen LogP contribution in [0.2, 0.25) is 0 Å². The smallest absolute Gasteiger partial charge is 0.134 e. The number of rotatable bonds is 3. The molecule has 1 saturated heterocycles. The van der Waals surface area contributed by atoms with E-state index in [9.17, 15) is 5.11 Å². The lowest BCUT2D eigenvalue weighted by atomic mass is 10.00. The molecule has 19 heavy (non-hydrogen) atoms. The van der Waals surface area contributed by atoms with Gasteiger partial charge in [-0.05, 0) is 32.6 Å². The van der Waals surface area contributed by atoms with Gasteiger partial charge in [0.25, 0.3) is 0 Å². The molecule has 104 valence electrons. The van der Waals surface area contributed by atoms with Gasteiger partial charge < -0.3 is 15.3 Å². The van der Waals surface area contributed by atoms with Crippen molar-refractivity contribution in [3.8, 4) is 0 Å². The quantitative estimate of drug-likeness (QED) is 0.863. The molecule has 0 bridgehead atoms. The van der Waals surface area contributed by atoms with E-state index in [1.54, 1.807) is 0 Å². The van der Waals surface area contributed by atoms with Gasteiger partial charge in [0.05, 0.1) is 6.10 Å². The molecule has 3 unspecified atom stereocenters. The maximum Gasteiger partial charge on any atom is 0.134 e. The number of nitrogens with one attached hydrogen (secondary N) is 1. The van der Waals surface area contributed by atoms with E-state index in [4.69, 9.17) is 0 Å². The molecule has 0 radical (unpaired) electrons. The Kier molecular flexibility index (Phi) is 3.31. The molecule has 5 heteroatoms. The first kappa shape index (κ1) is 12.7. The van der Waals surface area contributed by atoms with E-state index in [0.29, 0.717) is 11.8 Å². The maximum atomic E-state index is 9.99. The Morgan fingerprint density at radius 1 is 1.37 bits per heavy atom. The average Bonchev–Trinajstić information content (AvgIpc) is 2.92. The van der Waals surface area contributed by atoms with Crippen molar-refractivity contribution in [3.05, 3.63) is 11.9 Å². The summed E-state index contributed by atoms with van der Waals surface area (Å²) in [7, 11) is 0. The summed E-state index contributed by atoms with van der Waals surface area (Å²) in [4.78, 5) is 11.2. The Labute approximate surface area is 114 Å². The second kappa shape index (κ2) is 4.96. The van der Waals surface area contributed by atoms with E-state index < -0.39 is 0 Å². The fraction of sp³-hybridized carbons (Fsp3) is 0.714. The van der Waals surface area contributed by atoms with Crippen LogP contribution in [0.5, 0.6) is 0 Å². The van der Waals surface area contributed by atoms with E-state index in [1.807, 2.05) is 13.0 Å². The summed E-state index contributed by atoms with van der Waals surface area (Å²) in [5.41, 5.74) is 0. The third-order valence-electron chi connectivity index (χ3n) is 4.33. The van der Waals surface area contributed by atoms with Crippen molar-refractivity contribution < 1.29 is 5.11 Å². The minimum atomic E-state index is -0.119. The average molecular weight is 262 g/mol. The number of fused-ring (bicyclic) bond motifs is 1. The van der Waals surface area contributed by atoms with Crippen LogP contribution in [0.15, 0.2) is 6.07 Å². The Hall–Kier alpha value is -1.36. The van der Waals surface area contributed by atoms with Gasteiger partial charge in [-0.3, -0.25) is 0 Å². The van der Waals surface area contributed by atoms with Gasteiger partial charge in [-0.2, -0.15) is 0 Å². The van der Waals surface area contributed by atoms with E-state index in [1.165, 1.54) is 0 Å². The zero-order valence-electron chi connectivity index (χ0n) is 11.6. The molecule has 1 aliphatic heterocycles. The van der Waals surface area contributed by atoms with Crippen molar-refractivity contribution in [2.24, 2.45) is 11.8 Å². The summed E-state index contributed by atoms with van der Waals surface area (Å²) in [5, 5.41) is 13.2. The summed E-state index contributed by atoms with van der Waals surface area (Å²) in [6.07, 6.45) is 1.99. The molecular weight excluding hydrogens is 240 g/mol. The summed E-state index contributed by atoms with van der Waals surface area (Å²) >= 11 is 0. The number of aliphatic hydroxyl groups excluding tert-OH is 1. The molecule has 2 aliphatic rings. The van der Waals surface area contributed by atoms with Gasteiger partial charge >= 0.3 is 0 Å². The molecule has 3 atom stereocenters. The summed E-state index contributed by atoms with van der Waals surface area (Å²) in [6, 6.07) is 2.02. The lowest BCUT2D eigenvalue weighted by Crippen LogP contribution is -2.25. The molecule has 2 heterocycles. The highest BCUT2D eigenvalue weighted by atomic mass is 16.3. The van der Waals surface area contributed by atoms with E-state index in [0.717, 1.165) is 49.9 Å². The number of aliphatic hydroxyl groups is 1. The zero-order chi connectivity index (χ0) is 13.4. The van der Waals surface area contributed by atoms with Crippen LogP contribution in [-0.2, 0) is 0 Å². The monoisotopic (exact) mass is 262 g/mol. The number of hydrogen-bond donors (Lipinski definition) is 2. The first-order valence-electron chi connectivity index (χ1n) is 7.20. The van der Waals surface area contributed by atoms with Gasteiger partial charge in [0.1, 0.15) is 17.5 Å². The molecule has 0 aromatic carbocycles. The van der Waals surface area contributed by atoms with Gasteiger partial charge in [0.15, 0.2) is 0 Å². The highest BCUT2D eigenvalue weighted by Gasteiger charge is 2.42. The molecule has 1 saturated carbocycles. The fourth-order valence-corrected chi connectivity index (χ4v) is 3.41. The standard InChI is InChI=1S/C14H22N4O/c1-3-15-13-6-14(17-9(2)16-13)18-7-10-4-5-12(19)11(10)8-18/h6,10-12,19H,3-5,7-8H2,1-2H3,(H,15,16,17). The minimum Gasteiger partial charge on any atom is -0.393 e. The Morgan fingerprint density at radius 2 is 2.21 bits per heavy atom. The van der Waals surface area contributed by atoms with E-state index in [2.05, 4.69) is 27.1 Å². The summed E-state index contributed by atoms with van der Waals surface area (Å²) in [6.45, 7) is 6.79. The van der Waals surface area contributed by atoms with Gasteiger partial charge in [-0.15, -0.1) is 0 Å². The largest absolute Gasteiger partial charge is 0.393 e. The van der Waals surface area contributed by atoms with Crippen LogP contribution in [0.3, 0.4) is 0 Å². The molecule has 5 nitrogen and oxygen atoms in total. The van der Waals surface area contributed by atoms with Gasteiger partial charge in [0.2, 0.25) is 0 Å². The Bertz CT molecular complexity index is 465. The fourth-order valence-electron chi connectivity index (χ4n) is 3.41. The molecular formula is C14H22N4O. The van der Waals surface area contributed by atoms with Crippen LogP contribution in [0.1, 0.15) is 25.6 Å². The highest BCUT2D eigenvalue weighted by molar-refractivity contribution is 5.50. The molecule has 1 aromatic rings. The van der Waals surface area contributed by atoms with Crippen molar-refractivity contribution >= 4 is 11.6 Å². The maximum absolute atomic E-state index is 9.99. The topological polar surface area (TPSA) is 61.3 Å². The predicted molar refractivity (Wildman–Crippen MR) is 75.4 cm³/mol. The predicted octanol–water partition coefficient (Wildman–Crippen LogP) is 1.42. The molecule has 2 N–H and O–H groups in total. The van der Waals surface area contributed by atoms with Crippen LogP contribution < -0.4 is 10.2 Å². The Balaban J connectivity index is 1.79. The lowest BCUT2D eigenvalue weighted by Gasteiger charge is -2.20. The van der Waals surface area contributed by atoms with Crippen molar-refractivity contribution in [1.29, 1.82) is 0 Å². The first-order valence-corrected chi connectivity index (χ1v) is 7.20. The van der Waals surface area contributed by atoms with Crippen molar-refractivity contribution in [2.45, 2.75) is 32.8 Å².